The minimum Gasteiger partial charge on any atom is -0.335 e. The number of nitrogens with zero attached hydrogens (tertiary/aromatic N) is 4. The summed E-state index contributed by atoms with van der Waals surface area (Å²) in [6.45, 7) is 2.31. The molecule has 1 aliphatic heterocycles. The van der Waals surface area contributed by atoms with Crippen LogP contribution in [-0.2, 0) is 6.18 Å². The predicted molar refractivity (Wildman–Crippen MR) is 67.2 cm³/mol. The summed E-state index contributed by atoms with van der Waals surface area (Å²) >= 11 is 0. The summed E-state index contributed by atoms with van der Waals surface area (Å²) in [6, 6.07) is 3.98. The molecule has 0 unspecified atom stereocenters. The van der Waals surface area contributed by atoms with Gasteiger partial charge in [0.05, 0.1) is 18.2 Å². The maximum atomic E-state index is 12.4. The third-order valence-corrected chi connectivity index (χ3v) is 3.26. The van der Waals surface area contributed by atoms with E-state index in [1.165, 1.54) is 4.90 Å². The number of amides is 1. The van der Waals surface area contributed by atoms with Crippen molar-refractivity contribution in [2.75, 3.05) is 32.7 Å². The molecule has 0 spiro atoms. The third-order valence-electron chi connectivity index (χ3n) is 3.26. The van der Waals surface area contributed by atoms with Crippen LogP contribution in [0.1, 0.15) is 16.1 Å². The molecular weight excluding hydrogens is 285 g/mol. The molecule has 8 heteroatoms. The minimum atomic E-state index is -4.46. The van der Waals surface area contributed by atoms with Crippen LogP contribution >= 0.6 is 0 Å². The highest BCUT2D eigenvalue weighted by atomic mass is 19.4. The number of halogens is 3. The second kappa shape index (κ2) is 6.10. The fourth-order valence-electron chi connectivity index (χ4n) is 2.06. The molecule has 0 radical (unpaired) electrons. The summed E-state index contributed by atoms with van der Waals surface area (Å²) in [5, 5.41) is 8.59. The molecule has 1 fully saturated rings. The number of hydrogen-bond acceptors (Lipinski definition) is 4. The summed E-state index contributed by atoms with van der Waals surface area (Å²) in [4.78, 5) is 19.2. The van der Waals surface area contributed by atoms with Crippen molar-refractivity contribution in [1.82, 2.24) is 14.8 Å². The molecular formula is C13H13F3N4O. The van der Waals surface area contributed by atoms with E-state index in [1.807, 2.05) is 11.0 Å². The fraction of sp³-hybridized carbons (Fsp3) is 0.462. The Labute approximate surface area is 119 Å². The van der Waals surface area contributed by atoms with Crippen molar-refractivity contribution in [2.45, 2.75) is 6.18 Å². The van der Waals surface area contributed by atoms with E-state index in [0.717, 1.165) is 12.1 Å². The lowest BCUT2D eigenvalue weighted by molar-refractivity contribution is -0.137. The quantitative estimate of drug-likeness (QED) is 0.774. The number of aromatic nitrogens is 1. The van der Waals surface area contributed by atoms with Crippen molar-refractivity contribution in [2.24, 2.45) is 0 Å². The second-order valence-electron chi connectivity index (χ2n) is 4.66. The molecule has 1 saturated heterocycles. The Bertz CT molecular complexity index is 542. The topological polar surface area (TPSA) is 60.2 Å². The van der Waals surface area contributed by atoms with Crippen molar-refractivity contribution in [3.8, 4) is 6.07 Å². The van der Waals surface area contributed by atoms with E-state index in [0.29, 0.717) is 38.9 Å². The first-order valence-corrected chi connectivity index (χ1v) is 6.33. The van der Waals surface area contributed by atoms with Crippen molar-refractivity contribution in [3.05, 3.63) is 29.6 Å². The van der Waals surface area contributed by atoms with Gasteiger partial charge >= 0.3 is 6.18 Å². The summed E-state index contributed by atoms with van der Waals surface area (Å²) in [5.74, 6) is -0.389. The van der Waals surface area contributed by atoms with Gasteiger partial charge in [0, 0.05) is 32.4 Å². The molecule has 5 nitrogen and oxygen atoms in total. The Kier molecular flexibility index (Phi) is 4.43. The summed E-state index contributed by atoms with van der Waals surface area (Å²) < 4.78 is 37.3. The molecule has 0 saturated carbocycles. The largest absolute Gasteiger partial charge is 0.417 e. The highest BCUT2D eigenvalue weighted by Gasteiger charge is 2.31. The number of piperazine rings is 1. The van der Waals surface area contributed by atoms with E-state index in [1.54, 1.807) is 0 Å². The number of nitriles is 1. The molecule has 0 bridgehead atoms. The molecule has 1 aromatic rings. The van der Waals surface area contributed by atoms with E-state index in [9.17, 15) is 18.0 Å². The van der Waals surface area contributed by atoms with Gasteiger partial charge in [-0.3, -0.25) is 14.7 Å². The van der Waals surface area contributed by atoms with Gasteiger partial charge in [-0.1, -0.05) is 0 Å². The summed E-state index contributed by atoms with van der Waals surface area (Å²) in [5.41, 5.74) is -0.880. The van der Waals surface area contributed by atoms with Gasteiger partial charge in [-0.05, 0) is 12.1 Å². The number of carbonyl (C=O) groups is 1. The Morgan fingerprint density at radius 1 is 1.29 bits per heavy atom. The third kappa shape index (κ3) is 3.70. The van der Waals surface area contributed by atoms with Crippen molar-refractivity contribution in [1.29, 1.82) is 5.26 Å². The van der Waals surface area contributed by atoms with E-state index in [-0.39, 0.29) is 11.6 Å². The smallest absolute Gasteiger partial charge is 0.335 e. The minimum absolute atomic E-state index is 0.00302. The lowest BCUT2D eigenvalue weighted by Gasteiger charge is -2.33. The molecule has 0 N–H and O–H groups in total. The number of alkyl halides is 3. The van der Waals surface area contributed by atoms with Crippen molar-refractivity contribution < 1.29 is 18.0 Å². The molecule has 0 atom stereocenters. The highest BCUT2D eigenvalue weighted by Crippen LogP contribution is 2.28. The molecule has 1 amide bonds. The Hall–Kier alpha value is -2.14. The van der Waals surface area contributed by atoms with Gasteiger partial charge in [-0.25, -0.2) is 0 Å². The van der Waals surface area contributed by atoms with E-state index < -0.39 is 11.7 Å². The van der Waals surface area contributed by atoms with Gasteiger partial charge in [0.2, 0.25) is 0 Å². The van der Waals surface area contributed by atoms with Gasteiger partial charge in [-0.15, -0.1) is 0 Å². The van der Waals surface area contributed by atoms with Crippen LogP contribution < -0.4 is 0 Å². The van der Waals surface area contributed by atoms with Gasteiger partial charge < -0.3 is 4.90 Å². The molecule has 1 aromatic heterocycles. The van der Waals surface area contributed by atoms with E-state index >= 15 is 0 Å². The highest BCUT2D eigenvalue weighted by molar-refractivity contribution is 5.92. The Morgan fingerprint density at radius 2 is 1.95 bits per heavy atom. The maximum absolute atomic E-state index is 12.4. The lowest BCUT2D eigenvalue weighted by Crippen LogP contribution is -2.48. The van der Waals surface area contributed by atoms with Crippen molar-refractivity contribution >= 4 is 5.91 Å². The summed E-state index contributed by atoms with van der Waals surface area (Å²) in [6.07, 6.45) is -3.79. The molecule has 1 aliphatic rings. The van der Waals surface area contributed by atoms with Gasteiger partial charge in [0.15, 0.2) is 0 Å². The monoisotopic (exact) mass is 298 g/mol. The molecule has 0 aromatic carbocycles. The fourth-order valence-corrected chi connectivity index (χ4v) is 2.06. The molecule has 112 valence electrons. The molecule has 21 heavy (non-hydrogen) atoms. The van der Waals surface area contributed by atoms with Gasteiger partial charge in [-0.2, -0.15) is 18.4 Å². The average Bonchev–Trinajstić information content (AvgIpc) is 2.47. The average molecular weight is 298 g/mol. The zero-order valence-corrected chi connectivity index (χ0v) is 11.1. The molecule has 0 aliphatic carbocycles. The normalized spacial score (nSPS) is 16.6. The van der Waals surface area contributed by atoms with Crippen LogP contribution in [0.4, 0.5) is 13.2 Å². The zero-order chi connectivity index (χ0) is 15.5. The van der Waals surface area contributed by atoms with Crippen LogP contribution in [0.15, 0.2) is 18.3 Å². The Balaban J connectivity index is 2.00. The van der Waals surface area contributed by atoms with Crippen LogP contribution in [0.3, 0.4) is 0 Å². The number of carbonyl (C=O) groups excluding carboxylic acids is 1. The molecule has 2 rings (SSSR count). The first-order chi connectivity index (χ1) is 9.91. The van der Waals surface area contributed by atoms with Crippen LogP contribution in [-0.4, -0.2) is 53.4 Å². The van der Waals surface area contributed by atoms with Crippen LogP contribution in [0.5, 0.6) is 0 Å². The first kappa shape index (κ1) is 15.3. The number of rotatable bonds is 2. The zero-order valence-electron chi connectivity index (χ0n) is 11.1. The number of hydrogen-bond donors (Lipinski definition) is 0. The molecule has 2 heterocycles. The van der Waals surface area contributed by atoms with E-state index in [2.05, 4.69) is 4.98 Å². The first-order valence-electron chi connectivity index (χ1n) is 6.33. The SMILES string of the molecule is N#CCN1CCN(C(=O)c2ccc(C(F)(F)F)cn2)CC1. The lowest BCUT2D eigenvalue weighted by atomic mass is 10.2. The van der Waals surface area contributed by atoms with Crippen molar-refractivity contribution in [3.63, 3.8) is 0 Å². The second-order valence-corrected chi connectivity index (χ2v) is 4.66. The maximum Gasteiger partial charge on any atom is 0.417 e. The van der Waals surface area contributed by atoms with Crippen LogP contribution in [0.2, 0.25) is 0 Å². The summed E-state index contributed by atoms with van der Waals surface area (Å²) in [7, 11) is 0. The standard InChI is InChI=1S/C13H13F3N4O/c14-13(15,16)10-1-2-11(18-9-10)12(21)20-7-5-19(4-3-17)6-8-20/h1-2,9H,4-8H2. The van der Waals surface area contributed by atoms with Crippen LogP contribution in [0, 0.1) is 11.3 Å². The predicted octanol–water partition coefficient (Wildman–Crippen LogP) is 1.38. The number of pyridine rings is 1. The van der Waals surface area contributed by atoms with Gasteiger partial charge in [0.25, 0.3) is 5.91 Å². The van der Waals surface area contributed by atoms with Gasteiger partial charge in [0.1, 0.15) is 5.69 Å². The van der Waals surface area contributed by atoms with Crippen LogP contribution in [0.25, 0.3) is 0 Å². The Morgan fingerprint density at radius 3 is 2.43 bits per heavy atom. The van der Waals surface area contributed by atoms with E-state index in [4.69, 9.17) is 5.26 Å².